The normalized spacial score (nSPS) is 18.0. The van der Waals surface area contributed by atoms with E-state index < -0.39 is 5.97 Å². The van der Waals surface area contributed by atoms with Crippen molar-refractivity contribution < 1.29 is 14.7 Å². The lowest BCUT2D eigenvalue weighted by molar-refractivity contribution is -0.132. The Balaban J connectivity index is 1.63. The van der Waals surface area contributed by atoms with Crippen LogP contribution in [-0.2, 0) is 17.8 Å². The number of fused-ring (bicyclic) bond motifs is 1. The number of nitrogens with zero attached hydrogens (tertiary/aromatic N) is 1. The highest BCUT2D eigenvalue weighted by molar-refractivity contribution is 5.88. The van der Waals surface area contributed by atoms with Crippen LogP contribution < -0.4 is 0 Å². The first-order valence-corrected chi connectivity index (χ1v) is 7.76. The summed E-state index contributed by atoms with van der Waals surface area (Å²) in [6.07, 6.45) is 6.34. The molecule has 0 unspecified atom stereocenters. The van der Waals surface area contributed by atoms with Gasteiger partial charge in [-0.3, -0.25) is 4.79 Å². The number of carboxylic acid groups (broad SMARTS) is 1. The first-order valence-electron chi connectivity index (χ1n) is 7.76. The molecule has 1 aromatic carbocycles. The van der Waals surface area contributed by atoms with E-state index in [1.165, 1.54) is 24.8 Å². The third kappa shape index (κ3) is 3.09. The second kappa shape index (κ2) is 5.88. The van der Waals surface area contributed by atoms with E-state index in [1.54, 1.807) is 12.1 Å². The van der Waals surface area contributed by atoms with Gasteiger partial charge >= 0.3 is 5.97 Å². The van der Waals surface area contributed by atoms with Gasteiger partial charge in [-0.2, -0.15) is 0 Å². The van der Waals surface area contributed by atoms with Gasteiger partial charge in [-0.15, -0.1) is 0 Å². The van der Waals surface area contributed by atoms with Crippen LogP contribution in [0.3, 0.4) is 0 Å². The largest absolute Gasteiger partial charge is 0.478 e. The molecular formula is C17H21NO3. The summed E-state index contributed by atoms with van der Waals surface area (Å²) in [5.41, 5.74) is 2.46. The lowest BCUT2D eigenvalue weighted by atomic mass is 9.82. The average Bonchev–Trinajstić information content (AvgIpc) is 2.44. The molecule has 0 saturated heterocycles. The highest BCUT2D eigenvalue weighted by Crippen LogP contribution is 2.31. The van der Waals surface area contributed by atoms with E-state index in [9.17, 15) is 9.59 Å². The fourth-order valence-electron chi connectivity index (χ4n) is 3.17. The molecule has 1 fully saturated rings. The van der Waals surface area contributed by atoms with E-state index >= 15 is 0 Å². The Bertz CT molecular complexity index is 563. The van der Waals surface area contributed by atoms with Crippen LogP contribution in [0.2, 0.25) is 0 Å². The predicted molar refractivity (Wildman–Crippen MR) is 79.1 cm³/mol. The summed E-state index contributed by atoms with van der Waals surface area (Å²) < 4.78 is 0. The number of hydrogen-bond donors (Lipinski definition) is 1. The van der Waals surface area contributed by atoms with Crippen LogP contribution in [0.25, 0.3) is 0 Å². The van der Waals surface area contributed by atoms with Crippen LogP contribution in [0.15, 0.2) is 18.2 Å². The monoisotopic (exact) mass is 287 g/mol. The molecule has 4 heteroatoms. The Morgan fingerprint density at radius 2 is 2.05 bits per heavy atom. The quantitative estimate of drug-likeness (QED) is 0.926. The highest BCUT2D eigenvalue weighted by atomic mass is 16.4. The van der Waals surface area contributed by atoms with Gasteiger partial charge in [0.15, 0.2) is 0 Å². The number of benzene rings is 1. The first-order chi connectivity index (χ1) is 10.1. The van der Waals surface area contributed by atoms with Gasteiger partial charge in [-0.25, -0.2) is 4.79 Å². The van der Waals surface area contributed by atoms with Crippen LogP contribution in [0.4, 0.5) is 0 Å². The molecule has 0 spiro atoms. The zero-order chi connectivity index (χ0) is 14.8. The molecule has 1 amide bonds. The maximum absolute atomic E-state index is 12.3. The maximum Gasteiger partial charge on any atom is 0.335 e. The van der Waals surface area contributed by atoms with E-state index in [2.05, 4.69) is 0 Å². The first kappa shape index (κ1) is 14.1. The molecule has 1 N–H and O–H groups in total. The molecule has 112 valence electrons. The second-order valence-corrected chi connectivity index (χ2v) is 6.19. The fourth-order valence-corrected chi connectivity index (χ4v) is 3.17. The topological polar surface area (TPSA) is 57.6 Å². The summed E-state index contributed by atoms with van der Waals surface area (Å²) in [4.78, 5) is 25.2. The lowest BCUT2D eigenvalue weighted by Crippen LogP contribution is -2.36. The van der Waals surface area contributed by atoms with Crippen LogP contribution in [0, 0.1) is 5.92 Å². The van der Waals surface area contributed by atoms with Gasteiger partial charge in [-0.05, 0) is 42.0 Å². The summed E-state index contributed by atoms with van der Waals surface area (Å²) >= 11 is 0. The van der Waals surface area contributed by atoms with Crippen LogP contribution in [0.1, 0.15) is 53.6 Å². The number of carboxylic acids is 1. The Morgan fingerprint density at radius 3 is 2.71 bits per heavy atom. The van der Waals surface area contributed by atoms with Crippen molar-refractivity contribution in [2.45, 2.75) is 45.1 Å². The van der Waals surface area contributed by atoms with Gasteiger partial charge in [0.25, 0.3) is 0 Å². The van der Waals surface area contributed by atoms with Crippen molar-refractivity contribution in [1.29, 1.82) is 0 Å². The fraction of sp³-hybridized carbons (Fsp3) is 0.529. The van der Waals surface area contributed by atoms with Gasteiger partial charge in [-0.1, -0.05) is 25.3 Å². The van der Waals surface area contributed by atoms with Crippen LogP contribution in [0.5, 0.6) is 0 Å². The average molecular weight is 287 g/mol. The van der Waals surface area contributed by atoms with E-state index in [1.807, 2.05) is 11.0 Å². The Kier molecular flexibility index (Phi) is 3.95. The molecule has 0 bridgehead atoms. The van der Waals surface area contributed by atoms with Crippen molar-refractivity contribution in [1.82, 2.24) is 4.90 Å². The van der Waals surface area contributed by atoms with Crippen molar-refractivity contribution in [3.8, 4) is 0 Å². The van der Waals surface area contributed by atoms with Crippen molar-refractivity contribution in [3.05, 3.63) is 34.9 Å². The molecule has 1 aromatic rings. The lowest BCUT2D eigenvalue weighted by Gasteiger charge is -2.31. The van der Waals surface area contributed by atoms with Crippen LogP contribution >= 0.6 is 0 Å². The van der Waals surface area contributed by atoms with Crippen molar-refractivity contribution in [2.24, 2.45) is 5.92 Å². The minimum Gasteiger partial charge on any atom is -0.478 e. The molecular weight excluding hydrogens is 266 g/mol. The zero-order valence-corrected chi connectivity index (χ0v) is 12.2. The minimum absolute atomic E-state index is 0.216. The Morgan fingerprint density at radius 1 is 1.24 bits per heavy atom. The standard InChI is InChI=1S/C17H21NO3/c19-16(7-4-12-2-1-3-12)18-9-8-13-5-6-14(17(20)21)10-15(13)11-18/h5-6,10,12H,1-4,7-9,11H2,(H,20,21). The second-order valence-electron chi connectivity index (χ2n) is 6.19. The number of hydrogen-bond acceptors (Lipinski definition) is 2. The van der Waals surface area contributed by atoms with Gasteiger partial charge in [0, 0.05) is 19.5 Å². The van der Waals surface area contributed by atoms with Crippen molar-refractivity contribution >= 4 is 11.9 Å². The molecule has 21 heavy (non-hydrogen) atoms. The smallest absolute Gasteiger partial charge is 0.335 e. The van der Waals surface area contributed by atoms with E-state index in [0.717, 1.165) is 30.9 Å². The van der Waals surface area contributed by atoms with Crippen molar-refractivity contribution in [3.63, 3.8) is 0 Å². The molecule has 0 radical (unpaired) electrons. The van der Waals surface area contributed by atoms with E-state index in [-0.39, 0.29) is 5.91 Å². The molecule has 0 aromatic heterocycles. The number of carbonyl (C=O) groups is 2. The molecule has 1 heterocycles. The summed E-state index contributed by atoms with van der Waals surface area (Å²) in [6, 6.07) is 5.24. The predicted octanol–water partition coefficient (Wildman–Crippen LogP) is 2.85. The third-order valence-corrected chi connectivity index (χ3v) is 4.81. The summed E-state index contributed by atoms with van der Waals surface area (Å²) in [7, 11) is 0. The zero-order valence-electron chi connectivity index (χ0n) is 12.2. The molecule has 0 atom stereocenters. The van der Waals surface area contributed by atoms with Gasteiger partial charge in [0.05, 0.1) is 5.56 Å². The molecule has 1 aliphatic carbocycles. The van der Waals surface area contributed by atoms with Crippen molar-refractivity contribution in [2.75, 3.05) is 6.54 Å². The summed E-state index contributed by atoms with van der Waals surface area (Å²) in [5.74, 6) is 0.0594. The minimum atomic E-state index is -0.911. The van der Waals surface area contributed by atoms with Gasteiger partial charge in [0.1, 0.15) is 0 Å². The van der Waals surface area contributed by atoms with Crippen LogP contribution in [-0.4, -0.2) is 28.4 Å². The van der Waals surface area contributed by atoms with E-state index in [4.69, 9.17) is 5.11 Å². The molecule has 1 aliphatic heterocycles. The van der Waals surface area contributed by atoms with Gasteiger partial charge in [0.2, 0.25) is 5.91 Å². The van der Waals surface area contributed by atoms with E-state index in [0.29, 0.717) is 18.5 Å². The molecule has 2 aliphatic rings. The SMILES string of the molecule is O=C(O)c1ccc2c(c1)CN(C(=O)CCC1CCC1)CC2. The number of amides is 1. The highest BCUT2D eigenvalue weighted by Gasteiger charge is 2.24. The summed E-state index contributed by atoms with van der Waals surface area (Å²) in [6.45, 7) is 1.31. The molecule has 4 nitrogen and oxygen atoms in total. The Hall–Kier alpha value is -1.84. The number of rotatable bonds is 4. The molecule has 3 rings (SSSR count). The Labute approximate surface area is 124 Å². The molecule has 1 saturated carbocycles. The maximum atomic E-state index is 12.3. The number of carbonyl (C=O) groups excluding carboxylic acids is 1. The van der Waals surface area contributed by atoms with Gasteiger partial charge < -0.3 is 10.0 Å². The number of aromatic carboxylic acids is 1. The third-order valence-electron chi connectivity index (χ3n) is 4.81. The summed E-state index contributed by atoms with van der Waals surface area (Å²) in [5, 5.41) is 9.06.